The Bertz CT molecular complexity index is 387. The van der Waals surface area contributed by atoms with Gasteiger partial charge in [0.1, 0.15) is 5.41 Å². The van der Waals surface area contributed by atoms with E-state index in [0.717, 1.165) is 0 Å². The first-order chi connectivity index (χ1) is 7.27. The van der Waals surface area contributed by atoms with Crippen LogP contribution in [0.15, 0.2) is 12.4 Å². The number of carbonyl (C=O) groups is 1. The third-order valence-corrected chi connectivity index (χ3v) is 2.50. The van der Waals surface area contributed by atoms with Gasteiger partial charge in [-0.05, 0) is 12.8 Å². The number of rotatable bonds is 4. The van der Waals surface area contributed by atoms with Crippen LogP contribution in [0.25, 0.3) is 0 Å². The maximum absolute atomic E-state index is 11.5. The molecule has 1 saturated carbocycles. The van der Waals surface area contributed by atoms with E-state index >= 15 is 0 Å². The van der Waals surface area contributed by atoms with Gasteiger partial charge in [0.2, 0.25) is 5.91 Å². The molecule has 1 N–H and O–H groups in total. The van der Waals surface area contributed by atoms with Crippen LogP contribution in [-0.2, 0) is 11.3 Å². The second-order valence-electron chi connectivity index (χ2n) is 3.62. The minimum atomic E-state index is -0.734. The van der Waals surface area contributed by atoms with Crippen molar-refractivity contribution in [2.45, 2.75) is 19.4 Å². The molecule has 2 rings (SSSR count). The zero-order chi connectivity index (χ0) is 10.7. The molecule has 0 saturated heterocycles. The normalized spacial score (nSPS) is 16.7. The van der Waals surface area contributed by atoms with Gasteiger partial charge >= 0.3 is 0 Å². The second-order valence-corrected chi connectivity index (χ2v) is 3.62. The predicted molar refractivity (Wildman–Crippen MR) is 50.3 cm³/mol. The van der Waals surface area contributed by atoms with E-state index < -0.39 is 5.41 Å². The number of aromatic nitrogens is 3. The number of nitrogens with zero attached hydrogens (tertiary/aromatic N) is 4. The summed E-state index contributed by atoms with van der Waals surface area (Å²) in [5, 5.41) is 18.9. The van der Waals surface area contributed by atoms with Crippen LogP contribution in [0.3, 0.4) is 0 Å². The fraction of sp³-hybridized carbons (Fsp3) is 0.556. The highest BCUT2D eigenvalue weighted by Crippen LogP contribution is 2.44. The molecule has 1 aromatic rings. The molecule has 6 nitrogen and oxygen atoms in total. The van der Waals surface area contributed by atoms with Gasteiger partial charge in [0, 0.05) is 12.7 Å². The maximum atomic E-state index is 11.5. The standard InChI is InChI=1S/C9H11N5O/c10-7-9(1-2-9)8(15)11-3-5-14-6-4-12-13-14/h4,6H,1-3,5H2,(H,11,15). The molecule has 1 amide bonds. The highest BCUT2D eigenvalue weighted by Gasteiger charge is 2.50. The molecule has 6 heteroatoms. The van der Waals surface area contributed by atoms with Gasteiger partial charge in [-0.2, -0.15) is 5.26 Å². The van der Waals surface area contributed by atoms with E-state index in [1.807, 2.05) is 6.07 Å². The minimum absolute atomic E-state index is 0.162. The van der Waals surface area contributed by atoms with E-state index in [-0.39, 0.29) is 5.91 Å². The van der Waals surface area contributed by atoms with Gasteiger partial charge in [-0.15, -0.1) is 5.10 Å². The first-order valence-electron chi connectivity index (χ1n) is 4.80. The van der Waals surface area contributed by atoms with Crippen LogP contribution in [0.5, 0.6) is 0 Å². The molecule has 15 heavy (non-hydrogen) atoms. The highest BCUT2D eigenvalue weighted by atomic mass is 16.2. The van der Waals surface area contributed by atoms with Crippen molar-refractivity contribution in [3.05, 3.63) is 12.4 Å². The van der Waals surface area contributed by atoms with Crippen molar-refractivity contribution in [2.24, 2.45) is 5.41 Å². The molecule has 0 atom stereocenters. The second kappa shape index (κ2) is 3.69. The lowest BCUT2D eigenvalue weighted by molar-refractivity contribution is -0.124. The molecule has 0 spiro atoms. The van der Waals surface area contributed by atoms with Crippen molar-refractivity contribution in [3.8, 4) is 6.07 Å². The summed E-state index contributed by atoms with van der Waals surface area (Å²) in [4.78, 5) is 11.5. The Morgan fingerprint density at radius 3 is 3.00 bits per heavy atom. The molecule has 0 unspecified atom stereocenters. The Hall–Kier alpha value is -1.90. The number of nitriles is 1. The maximum Gasteiger partial charge on any atom is 0.240 e. The summed E-state index contributed by atoms with van der Waals surface area (Å²) in [6.07, 6.45) is 4.67. The van der Waals surface area contributed by atoms with Crippen LogP contribution in [0.1, 0.15) is 12.8 Å². The Labute approximate surface area is 86.9 Å². The predicted octanol–water partition coefficient (Wildman–Crippen LogP) is -0.302. The van der Waals surface area contributed by atoms with E-state index in [9.17, 15) is 4.79 Å². The zero-order valence-corrected chi connectivity index (χ0v) is 8.18. The third-order valence-electron chi connectivity index (χ3n) is 2.50. The minimum Gasteiger partial charge on any atom is -0.353 e. The lowest BCUT2D eigenvalue weighted by Gasteiger charge is -2.07. The SMILES string of the molecule is N#CC1(C(=O)NCCn2ccnn2)CC1. The van der Waals surface area contributed by atoms with Crippen molar-refractivity contribution in [3.63, 3.8) is 0 Å². The molecule has 1 fully saturated rings. The summed E-state index contributed by atoms with van der Waals surface area (Å²) >= 11 is 0. The largest absolute Gasteiger partial charge is 0.353 e. The van der Waals surface area contributed by atoms with Gasteiger partial charge in [-0.3, -0.25) is 9.48 Å². The van der Waals surface area contributed by atoms with Crippen molar-refractivity contribution >= 4 is 5.91 Å². The lowest BCUT2D eigenvalue weighted by atomic mass is 10.1. The van der Waals surface area contributed by atoms with Gasteiger partial charge in [0.25, 0.3) is 0 Å². The summed E-state index contributed by atoms with van der Waals surface area (Å²) in [6.45, 7) is 1.05. The van der Waals surface area contributed by atoms with E-state index in [1.165, 1.54) is 0 Å². The molecular formula is C9H11N5O. The summed E-state index contributed by atoms with van der Waals surface area (Å²) in [5.74, 6) is -0.162. The Balaban J connectivity index is 1.75. The molecular weight excluding hydrogens is 194 g/mol. The molecule has 1 aromatic heterocycles. The first kappa shape index (κ1) is 9.65. The lowest BCUT2D eigenvalue weighted by Crippen LogP contribution is -2.33. The molecule has 0 aromatic carbocycles. The first-order valence-corrected chi connectivity index (χ1v) is 4.80. The fourth-order valence-corrected chi connectivity index (χ4v) is 1.32. The van der Waals surface area contributed by atoms with Crippen LogP contribution in [0, 0.1) is 16.7 Å². The van der Waals surface area contributed by atoms with Gasteiger partial charge in [0.05, 0.1) is 18.8 Å². The van der Waals surface area contributed by atoms with Crippen molar-refractivity contribution in [1.29, 1.82) is 5.26 Å². The molecule has 1 aliphatic rings. The Kier molecular flexibility index (Phi) is 2.37. The monoisotopic (exact) mass is 205 g/mol. The van der Waals surface area contributed by atoms with Gasteiger partial charge in [-0.1, -0.05) is 5.21 Å². The van der Waals surface area contributed by atoms with Crippen LogP contribution >= 0.6 is 0 Å². The number of nitrogens with one attached hydrogen (secondary N) is 1. The van der Waals surface area contributed by atoms with Crippen LogP contribution in [-0.4, -0.2) is 27.4 Å². The molecule has 0 bridgehead atoms. The molecule has 1 heterocycles. The smallest absolute Gasteiger partial charge is 0.240 e. The van der Waals surface area contributed by atoms with Crippen molar-refractivity contribution in [1.82, 2.24) is 20.3 Å². The highest BCUT2D eigenvalue weighted by molar-refractivity contribution is 5.88. The zero-order valence-electron chi connectivity index (χ0n) is 8.18. The van der Waals surface area contributed by atoms with Gasteiger partial charge < -0.3 is 5.32 Å². The fourth-order valence-electron chi connectivity index (χ4n) is 1.32. The average molecular weight is 205 g/mol. The Morgan fingerprint density at radius 1 is 1.67 bits per heavy atom. The summed E-state index contributed by atoms with van der Waals surface area (Å²) < 4.78 is 1.63. The average Bonchev–Trinajstić information content (AvgIpc) is 2.90. The van der Waals surface area contributed by atoms with E-state index in [2.05, 4.69) is 15.6 Å². The molecule has 1 aliphatic carbocycles. The van der Waals surface area contributed by atoms with Crippen LogP contribution in [0.2, 0.25) is 0 Å². The van der Waals surface area contributed by atoms with Crippen LogP contribution < -0.4 is 5.32 Å². The van der Waals surface area contributed by atoms with E-state index in [0.29, 0.717) is 25.9 Å². The van der Waals surface area contributed by atoms with Crippen LogP contribution in [0.4, 0.5) is 0 Å². The van der Waals surface area contributed by atoms with Gasteiger partial charge in [0.15, 0.2) is 0 Å². The summed E-state index contributed by atoms with van der Waals surface area (Å²) in [7, 11) is 0. The number of hydrogen-bond donors (Lipinski definition) is 1. The number of amides is 1. The Morgan fingerprint density at radius 2 is 2.47 bits per heavy atom. The number of hydrogen-bond acceptors (Lipinski definition) is 4. The third kappa shape index (κ3) is 1.96. The molecule has 78 valence electrons. The number of carbonyl (C=O) groups excluding carboxylic acids is 1. The topological polar surface area (TPSA) is 83.6 Å². The van der Waals surface area contributed by atoms with E-state index in [4.69, 9.17) is 5.26 Å². The quantitative estimate of drug-likeness (QED) is 0.731. The van der Waals surface area contributed by atoms with Crippen molar-refractivity contribution < 1.29 is 4.79 Å². The van der Waals surface area contributed by atoms with Gasteiger partial charge in [-0.25, -0.2) is 0 Å². The van der Waals surface area contributed by atoms with E-state index in [1.54, 1.807) is 17.1 Å². The van der Waals surface area contributed by atoms with Crippen molar-refractivity contribution in [2.75, 3.05) is 6.54 Å². The molecule has 0 radical (unpaired) electrons. The summed E-state index contributed by atoms with van der Waals surface area (Å²) in [5.41, 5.74) is -0.734. The summed E-state index contributed by atoms with van der Waals surface area (Å²) in [6, 6.07) is 2.05. The molecule has 0 aliphatic heterocycles.